The van der Waals surface area contributed by atoms with Crippen LogP contribution >= 0.6 is 0 Å². The predicted octanol–water partition coefficient (Wildman–Crippen LogP) is 1.66. The van der Waals surface area contributed by atoms with Crippen molar-refractivity contribution in [3.63, 3.8) is 0 Å². The van der Waals surface area contributed by atoms with E-state index in [9.17, 15) is 4.79 Å². The number of carbonyl (C=O) groups excluding carboxylic acids is 1. The number of amides is 1. The molecule has 5 heteroatoms. The van der Waals surface area contributed by atoms with Gasteiger partial charge in [0.05, 0.1) is 25.8 Å². The third kappa shape index (κ3) is 3.58. The molecule has 5 nitrogen and oxygen atoms in total. The fourth-order valence-electron chi connectivity index (χ4n) is 3.82. The third-order valence-corrected chi connectivity index (χ3v) is 5.14. The second-order valence-electron chi connectivity index (χ2n) is 6.70. The monoisotopic (exact) mass is 296 g/mol. The molecule has 3 rings (SSSR count). The molecular weight excluding hydrogens is 268 g/mol. The first-order valence-corrected chi connectivity index (χ1v) is 8.51. The maximum absolute atomic E-state index is 12.5. The van der Waals surface area contributed by atoms with Crippen LogP contribution in [0.3, 0.4) is 0 Å². The lowest BCUT2D eigenvalue weighted by Crippen LogP contribution is -2.56. The summed E-state index contributed by atoms with van der Waals surface area (Å²) in [6, 6.07) is 0.281. The molecule has 1 N–H and O–H groups in total. The van der Waals surface area contributed by atoms with Gasteiger partial charge in [0.25, 0.3) is 0 Å². The molecule has 2 aliphatic heterocycles. The van der Waals surface area contributed by atoms with Crippen LogP contribution in [0.5, 0.6) is 0 Å². The largest absolute Gasteiger partial charge is 0.352 e. The molecule has 0 bridgehead atoms. The van der Waals surface area contributed by atoms with E-state index in [1.807, 2.05) is 6.92 Å². The average Bonchev–Trinajstić information content (AvgIpc) is 2.95. The van der Waals surface area contributed by atoms with Gasteiger partial charge in [-0.1, -0.05) is 19.3 Å². The zero-order valence-corrected chi connectivity index (χ0v) is 13.1. The van der Waals surface area contributed by atoms with E-state index in [0.717, 1.165) is 32.2 Å². The zero-order chi connectivity index (χ0) is 14.7. The smallest absolute Gasteiger partial charge is 0.237 e. The Bertz CT molecular complexity index is 363. The molecule has 1 amide bonds. The lowest BCUT2D eigenvalue weighted by Gasteiger charge is -2.41. The van der Waals surface area contributed by atoms with Crippen LogP contribution in [0.1, 0.15) is 51.9 Å². The number of likely N-dealkylation sites (tertiary alicyclic amines) is 1. The van der Waals surface area contributed by atoms with Gasteiger partial charge in [-0.3, -0.25) is 9.69 Å². The van der Waals surface area contributed by atoms with E-state index in [0.29, 0.717) is 25.8 Å². The molecular formula is C16H28N2O3. The van der Waals surface area contributed by atoms with Gasteiger partial charge in [0.1, 0.15) is 0 Å². The lowest BCUT2D eigenvalue weighted by molar-refractivity contribution is -0.193. The van der Waals surface area contributed by atoms with Crippen molar-refractivity contribution in [1.82, 2.24) is 10.2 Å². The molecule has 1 atom stereocenters. The van der Waals surface area contributed by atoms with E-state index >= 15 is 0 Å². The van der Waals surface area contributed by atoms with Gasteiger partial charge in [-0.2, -0.15) is 0 Å². The summed E-state index contributed by atoms with van der Waals surface area (Å²) in [5, 5.41) is 3.23. The van der Waals surface area contributed by atoms with Gasteiger partial charge in [-0.05, 0) is 32.7 Å². The number of ether oxygens (including phenoxy) is 2. The minimum atomic E-state index is -0.447. The van der Waals surface area contributed by atoms with Crippen LogP contribution in [-0.4, -0.2) is 55.0 Å². The van der Waals surface area contributed by atoms with Crippen LogP contribution < -0.4 is 5.32 Å². The highest BCUT2D eigenvalue weighted by Crippen LogP contribution is 2.31. The summed E-state index contributed by atoms with van der Waals surface area (Å²) >= 11 is 0. The van der Waals surface area contributed by atoms with Crippen LogP contribution in [0.15, 0.2) is 0 Å². The van der Waals surface area contributed by atoms with Gasteiger partial charge in [-0.25, -0.2) is 0 Å². The number of hydrogen-bond donors (Lipinski definition) is 1. The molecule has 0 aromatic carbocycles. The highest BCUT2D eigenvalue weighted by Gasteiger charge is 2.42. The van der Waals surface area contributed by atoms with Crippen molar-refractivity contribution >= 4 is 5.91 Å². The Hall–Kier alpha value is -0.650. The predicted molar refractivity (Wildman–Crippen MR) is 79.9 cm³/mol. The van der Waals surface area contributed by atoms with Gasteiger partial charge in [0, 0.05) is 12.5 Å². The molecule has 21 heavy (non-hydrogen) atoms. The van der Waals surface area contributed by atoms with Gasteiger partial charge in [0.15, 0.2) is 5.79 Å². The molecule has 2 heterocycles. The minimum Gasteiger partial charge on any atom is -0.352 e. The summed E-state index contributed by atoms with van der Waals surface area (Å²) in [6.45, 7) is 5.03. The highest BCUT2D eigenvalue weighted by molar-refractivity contribution is 5.81. The summed E-state index contributed by atoms with van der Waals surface area (Å²) in [6.07, 6.45) is 8.04. The van der Waals surface area contributed by atoms with Crippen molar-refractivity contribution in [2.75, 3.05) is 26.3 Å². The number of hydrogen-bond acceptors (Lipinski definition) is 4. The first-order valence-electron chi connectivity index (χ1n) is 8.51. The van der Waals surface area contributed by atoms with Gasteiger partial charge in [-0.15, -0.1) is 0 Å². The SMILES string of the molecule is CC(C(=O)NC1CCCCC1)N1CCCC2(C1)OCCO2. The van der Waals surface area contributed by atoms with E-state index in [1.165, 1.54) is 19.3 Å². The first kappa shape index (κ1) is 15.3. The van der Waals surface area contributed by atoms with E-state index in [4.69, 9.17) is 9.47 Å². The quantitative estimate of drug-likeness (QED) is 0.860. The Kier molecular flexibility index (Phi) is 4.82. The molecule has 1 aliphatic carbocycles. The maximum atomic E-state index is 12.5. The fourth-order valence-corrected chi connectivity index (χ4v) is 3.82. The normalized spacial score (nSPS) is 28.6. The number of carbonyl (C=O) groups is 1. The summed E-state index contributed by atoms with van der Waals surface area (Å²) in [4.78, 5) is 14.7. The highest BCUT2D eigenvalue weighted by atomic mass is 16.7. The van der Waals surface area contributed by atoms with E-state index in [1.54, 1.807) is 0 Å². The molecule has 120 valence electrons. The molecule has 1 spiro atoms. The molecule has 3 fully saturated rings. The van der Waals surface area contributed by atoms with Crippen molar-refractivity contribution in [2.45, 2.75) is 69.7 Å². The number of rotatable bonds is 3. The lowest BCUT2D eigenvalue weighted by atomic mass is 9.95. The topological polar surface area (TPSA) is 50.8 Å². The third-order valence-electron chi connectivity index (χ3n) is 5.14. The fraction of sp³-hybridized carbons (Fsp3) is 0.938. The maximum Gasteiger partial charge on any atom is 0.237 e. The Morgan fingerprint density at radius 1 is 1.19 bits per heavy atom. The van der Waals surface area contributed by atoms with Crippen LogP contribution in [0, 0.1) is 0 Å². The molecule has 2 saturated heterocycles. The summed E-state index contributed by atoms with van der Waals surface area (Å²) in [5.74, 6) is -0.283. The average molecular weight is 296 g/mol. The summed E-state index contributed by atoms with van der Waals surface area (Å²) < 4.78 is 11.6. The Morgan fingerprint density at radius 2 is 1.90 bits per heavy atom. The van der Waals surface area contributed by atoms with Crippen molar-refractivity contribution < 1.29 is 14.3 Å². The van der Waals surface area contributed by atoms with Crippen molar-refractivity contribution in [2.24, 2.45) is 0 Å². The number of piperidine rings is 1. The second kappa shape index (κ2) is 6.63. The van der Waals surface area contributed by atoms with E-state index < -0.39 is 5.79 Å². The molecule has 0 aromatic heterocycles. The molecule has 3 aliphatic rings. The number of nitrogens with one attached hydrogen (secondary N) is 1. The Labute approximate surface area is 127 Å². The molecule has 0 aromatic rings. The number of nitrogens with zero attached hydrogens (tertiary/aromatic N) is 1. The summed E-state index contributed by atoms with van der Waals surface area (Å²) in [5.41, 5.74) is 0. The van der Waals surface area contributed by atoms with Crippen LogP contribution in [-0.2, 0) is 14.3 Å². The molecule has 0 radical (unpaired) electrons. The van der Waals surface area contributed by atoms with Crippen molar-refractivity contribution in [1.29, 1.82) is 0 Å². The van der Waals surface area contributed by atoms with E-state index in [2.05, 4.69) is 10.2 Å². The zero-order valence-electron chi connectivity index (χ0n) is 13.1. The van der Waals surface area contributed by atoms with Crippen LogP contribution in [0.2, 0.25) is 0 Å². The second-order valence-corrected chi connectivity index (χ2v) is 6.70. The van der Waals surface area contributed by atoms with E-state index in [-0.39, 0.29) is 11.9 Å². The van der Waals surface area contributed by atoms with Gasteiger partial charge >= 0.3 is 0 Å². The van der Waals surface area contributed by atoms with Crippen LogP contribution in [0.25, 0.3) is 0 Å². The van der Waals surface area contributed by atoms with Crippen LogP contribution in [0.4, 0.5) is 0 Å². The van der Waals surface area contributed by atoms with Gasteiger partial charge in [0.2, 0.25) is 5.91 Å². The first-order chi connectivity index (χ1) is 10.2. The van der Waals surface area contributed by atoms with Crippen molar-refractivity contribution in [3.8, 4) is 0 Å². The molecule has 1 unspecified atom stereocenters. The van der Waals surface area contributed by atoms with Crippen molar-refractivity contribution in [3.05, 3.63) is 0 Å². The standard InChI is InChI=1S/C16H28N2O3/c1-13(15(19)17-14-6-3-2-4-7-14)18-9-5-8-16(12-18)20-10-11-21-16/h13-14H,2-12H2,1H3,(H,17,19). The molecule has 1 saturated carbocycles. The Balaban J connectivity index is 1.53. The summed E-state index contributed by atoms with van der Waals surface area (Å²) in [7, 11) is 0. The Morgan fingerprint density at radius 3 is 2.62 bits per heavy atom. The van der Waals surface area contributed by atoms with Gasteiger partial charge < -0.3 is 14.8 Å². The minimum absolute atomic E-state index is 0.100.